The topological polar surface area (TPSA) is 80.8 Å². The smallest absolute Gasteiger partial charge is 0.182 e. The van der Waals surface area contributed by atoms with Gasteiger partial charge in [-0.3, -0.25) is 0 Å². The van der Waals surface area contributed by atoms with Crippen LogP contribution in [0.1, 0.15) is 20.3 Å². The average molecular weight is 495 g/mol. The summed E-state index contributed by atoms with van der Waals surface area (Å²) in [7, 11) is -7.83. The van der Waals surface area contributed by atoms with Crippen molar-refractivity contribution >= 4 is 19.7 Å². The molecule has 0 radical (unpaired) electrons. The van der Waals surface area contributed by atoms with Crippen molar-refractivity contribution in [2.75, 3.05) is 0 Å². The Labute approximate surface area is 200 Å². The van der Waals surface area contributed by atoms with Crippen molar-refractivity contribution in [2.24, 2.45) is 23.7 Å². The lowest BCUT2D eigenvalue weighted by atomic mass is 9.73. The number of sulfone groups is 2. The predicted molar refractivity (Wildman–Crippen MR) is 127 cm³/mol. The molecule has 2 aromatic rings. The van der Waals surface area contributed by atoms with Gasteiger partial charge in [0.15, 0.2) is 19.7 Å². The molecule has 0 N–H and O–H groups in total. The zero-order chi connectivity index (χ0) is 23.7. The van der Waals surface area contributed by atoms with Crippen LogP contribution in [0.15, 0.2) is 93.8 Å². The number of rotatable bonds is 4. The van der Waals surface area contributed by atoms with Gasteiger partial charge in [0.2, 0.25) is 0 Å². The van der Waals surface area contributed by atoms with E-state index in [2.05, 4.69) is 26.0 Å². The van der Waals surface area contributed by atoms with Crippen LogP contribution in [0.3, 0.4) is 0 Å². The van der Waals surface area contributed by atoms with E-state index >= 15 is 0 Å². The van der Waals surface area contributed by atoms with Gasteiger partial charge in [-0.2, -0.15) is 0 Å². The van der Waals surface area contributed by atoms with Crippen molar-refractivity contribution in [1.29, 1.82) is 0 Å². The lowest BCUT2D eigenvalue weighted by molar-refractivity contribution is 0.121. The van der Waals surface area contributed by atoms with Gasteiger partial charge in [0.25, 0.3) is 0 Å². The Morgan fingerprint density at radius 3 is 1.53 bits per heavy atom. The summed E-state index contributed by atoms with van der Waals surface area (Å²) in [5.41, 5.74) is 1.33. The fourth-order valence-corrected chi connectivity index (χ4v) is 13.4. The monoisotopic (exact) mass is 494 g/mol. The standard InChI is InChI=1S/C27H26O5S2/c1-16(2)23-19-13-14-20(23)27-22-15-21(26(19,27)32-27)24(33(28,29)17-9-5-3-6-10-17)25(22)34(30,31)18-11-7-4-8-12-18/h3-14,19-22,24-25H,15H2,1-2H3/t19-,20-,21+,22+,24-,25+,26+,27-/m1/s1. The van der Waals surface area contributed by atoms with Gasteiger partial charge in [0, 0.05) is 23.7 Å². The first kappa shape index (κ1) is 21.1. The second-order valence-corrected chi connectivity index (χ2v) is 14.8. The fourth-order valence-electron chi connectivity index (χ4n) is 8.21. The molecule has 4 bridgehead atoms. The zero-order valence-corrected chi connectivity index (χ0v) is 20.6. The average Bonchev–Trinajstić information content (AvgIpc) is 3.15. The number of fused-ring (bicyclic) bond motifs is 4. The number of epoxide rings is 1. The number of allylic oxidation sites excluding steroid dienone is 1. The molecule has 0 spiro atoms. The molecule has 8 atom stereocenters. The third kappa shape index (κ3) is 2.12. The van der Waals surface area contributed by atoms with E-state index in [-0.39, 0.29) is 33.5 Å². The fraction of sp³-hybridized carbons (Fsp3) is 0.407. The molecule has 5 aliphatic rings. The van der Waals surface area contributed by atoms with Crippen molar-refractivity contribution in [2.45, 2.75) is 51.8 Å². The van der Waals surface area contributed by atoms with Crippen LogP contribution in [-0.4, -0.2) is 38.5 Å². The molecule has 4 fully saturated rings. The molecule has 0 unspecified atom stereocenters. The number of benzene rings is 2. The van der Waals surface area contributed by atoms with E-state index in [1.807, 2.05) is 0 Å². The van der Waals surface area contributed by atoms with Crippen LogP contribution in [0.5, 0.6) is 0 Å². The van der Waals surface area contributed by atoms with Crippen molar-refractivity contribution < 1.29 is 21.6 Å². The van der Waals surface area contributed by atoms with Gasteiger partial charge >= 0.3 is 0 Å². The summed E-state index contributed by atoms with van der Waals surface area (Å²) in [6.45, 7) is 4.18. The van der Waals surface area contributed by atoms with Crippen molar-refractivity contribution in [3.63, 3.8) is 0 Å². The van der Waals surface area contributed by atoms with E-state index < -0.39 is 41.4 Å². The van der Waals surface area contributed by atoms with Crippen molar-refractivity contribution in [1.82, 2.24) is 0 Å². The molecule has 1 heterocycles. The highest BCUT2D eigenvalue weighted by Gasteiger charge is 2.95. The van der Waals surface area contributed by atoms with E-state index in [0.717, 1.165) is 0 Å². The molecule has 7 heteroatoms. The van der Waals surface area contributed by atoms with Crippen LogP contribution < -0.4 is 0 Å². The van der Waals surface area contributed by atoms with E-state index in [0.29, 0.717) is 6.42 Å². The summed E-state index contributed by atoms with van der Waals surface area (Å²) < 4.78 is 63.1. The van der Waals surface area contributed by atoms with Crippen LogP contribution in [0.2, 0.25) is 0 Å². The van der Waals surface area contributed by atoms with E-state index in [4.69, 9.17) is 4.74 Å². The van der Waals surface area contributed by atoms with Gasteiger partial charge in [-0.25, -0.2) is 16.8 Å². The summed E-state index contributed by atoms with van der Waals surface area (Å²) in [5.74, 6) is -0.654. The molecule has 1 aliphatic heterocycles. The third-order valence-electron chi connectivity index (χ3n) is 9.16. The Balaban J connectivity index is 1.46. The second kappa shape index (κ2) is 6.31. The normalized spacial score (nSPS) is 40.9. The predicted octanol–water partition coefficient (Wildman–Crippen LogP) is 3.98. The first-order valence-electron chi connectivity index (χ1n) is 11.8. The van der Waals surface area contributed by atoms with E-state index in [1.54, 1.807) is 60.7 Å². The van der Waals surface area contributed by atoms with Crippen LogP contribution in [0.4, 0.5) is 0 Å². The SMILES string of the molecule is CC(C)=C1[C@H]2C=C[C@H]1[C@@]13O[C@@]21[C@H]1C[C@H]3[C@@H](S(=O)(=O)c2ccccc2)[C@H]1S(=O)(=O)c1ccccc1. The molecule has 2 aromatic carbocycles. The molecule has 4 aliphatic carbocycles. The third-order valence-corrected chi connectivity index (χ3v) is 13.9. The highest BCUT2D eigenvalue weighted by molar-refractivity contribution is 7.96. The molecule has 5 nitrogen and oxygen atoms in total. The van der Waals surface area contributed by atoms with Crippen LogP contribution in [-0.2, 0) is 24.4 Å². The number of ether oxygens (including phenoxy) is 1. The van der Waals surface area contributed by atoms with Gasteiger partial charge in [-0.1, -0.05) is 59.7 Å². The molecule has 34 heavy (non-hydrogen) atoms. The minimum atomic E-state index is -3.92. The van der Waals surface area contributed by atoms with Gasteiger partial charge in [-0.05, 0) is 44.5 Å². The quantitative estimate of drug-likeness (QED) is 0.474. The molecular weight excluding hydrogens is 468 g/mol. The Bertz CT molecular complexity index is 1380. The minimum absolute atomic E-state index is 0.0337. The van der Waals surface area contributed by atoms with Gasteiger partial charge in [0.1, 0.15) is 11.2 Å². The molecule has 7 rings (SSSR count). The van der Waals surface area contributed by atoms with Gasteiger partial charge in [-0.15, -0.1) is 0 Å². The first-order valence-corrected chi connectivity index (χ1v) is 14.9. The first-order chi connectivity index (χ1) is 16.2. The Hall–Kier alpha value is -2.22. The lowest BCUT2D eigenvalue weighted by Gasteiger charge is -2.36. The Morgan fingerprint density at radius 1 is 0.735 bits per heavy atom. The van der Waals surface area contributed by atoms with Crippen molar-refractivity contribution in [3.05, 3.63) is 84.0 Å². The summed E-state index contributed by atoms with van der Waals surface area (Å²) in [4.78, 5) is 0.370. The molecule has 0 amide bonds. The molecule has 176 valence electrons. The number of hydrogen-bond donors (Lipinski definition) is 0. The second-order valence-electron chi connectivity index (χ2n) is 10.6. The van der Waals surface area contributed by atoms with E-state index in [1.165, 1.54) is 11.1 Å². The summed E-state index contributed by atoms with van der Waals surface area (Å²) in [6.07, 6.45) is 4.91. The maximum atomic E-state index is 14.1. The zero-order valence-electron chi connectivity index (χ0n) is 19.0. The lowest BCUT2D eigenvalue weighted by Crippen LogP contribution is -2.54. The maximum Gasteiger partial charge on any atom is 0.182 e. The molecule has 1 saturated heterocycles. The summed E-state index contributed by atoms with van der Waals surface area (Å²) in [6, 6.07) is 16.6. The van der Waals surface area contributed by atoms with E-state index in [9.17, 15) is 16.8 Å². The highest BCUT2D eigenvalue weighted by Crippen LogP contribution is 2.85. The Kier molecular flexibility index (Phi) is 3.91. The summed E-state index contributed by atoms with van der Waals surface area (Å²) >= 11 is 0. The van der Waals surface area contributed by atoms with Crippen LogP contribution in [0.25, 0.3) is 0 Å². The van der Waals surface area contributed by atoms with Crippen LogP contribution in [0, 0.1) is 23.7 Å². The molecule has 3 saturated carbocycles. The highest BCUT2D eigenvalue weighted by atomic mass is 32.2. The largest absolute Gasteiger partial charge is 0.360 e. The van der Waals surface area contributed by atoms with Crippen LogP contribution >= 0.6 is 0 Å². The Morgan fingerprint density at radius 2 is 1.15 bits per heavy atom. The minimum Gasteiger partial charge on any atom is -0.360 e. The van der Waals surface area contributed by atoms with Gasteiger partial charge < -0.3 is 4.74 Å². The van der Waals surface area contributed by atoms with Crippen molar-refractivity contribution in [3.8, 4) is 0 Å². The molecule has 0 aromatic heterocycles. The summed E-state index contributed by atoms with van der Waals surface area (Å²) in [5, 5.41) is -2.07. The number of hydrogen-bond acceptors (Lipinski definition) is 5. The molecular formula is C27H26O5S2. The maximum absolute atomic E-state index is 14.1. The van der Waals surface area contributed by atoms with Gasteiger partial charge in [0.05, 0.1) is 20.3 Å².